The third-order valence-corrected chi connectivity index (χ3v) is 2.11. The topological polar surface area (TPSA) is 89.9 Å². The first-order valence-electron chi connectivity index (χ1n) is 6.00. The largest absolute Gasteiger partial charge is 0.396 e. The molecule has 6 nitrogen and oxygen atoms in total. The van der Waals surface area contributed by atoms with Crippen LogP contribution in [-0.4, -0.2) is 54.2 Å². The standard InChI is InChI=1S/C10H18N2O4.C2H6/c1-11-10(16)3-5-12(8-15)4-2-9(6-13)7-14;1-2/h3,5,8-9,13-14H,2,4,6-7H2,1H3,(H,11,16);1-2H3/b5-3-;. The van der Waals surface area contributed by atoms with Crippen LogP contribution in [0.5, 0.6) is 0 Å². The molecule has 18 heavy (non-hydrogen) atoms. The van der Waals surface area contributed by atoms with Gasteiger partial charge in [-0.3, -0.25) is 9.59 Å². The average Bonchev–Trinajstić information content (AvgIpc) is 2.44. The predicted molar refractivity (Wildman–Crippen MR) is 69.6 cm³/mol. The quantitative estimate of drug-likeness (QED) is 0.413. The highest BCUT2D eigenvalue weighted by atomic mass is 16.3. The second kappa shape index (κ2) is 13.7. The molecule has 0 bridgehead atoms. The maximum absolute atomic E-state index is 10.9. The first-order valence-corrected chi connectivity index (χ1v) is 6.00. The number of likely N-dealkylation sites (N-methyl/N-ethyl adjacent to an activating group) is 1. The predicted octanol–water partition coefficient (Wildman–Crippen LogP) is -0.278. The number of nitrogens with zero attached hydrogens (tertiary/aromatic N) is 1. The second-order valence-electron chi connectivity index (χ2n) is 3.29. The Bertz CT molecular complexity index is 240. The summed E-state index contributed by atoms with van der Waals surface area (Å²) in [5, 5.41) is 20.0. The van der Waals surface area contributed by atoms with Crippen LogP contribution in [0.15, 0.2) is 12.3 Å². The summed E-state index contributed by atoms with van der Waals surface area (Å²) in [6, 6.07) is 0. The van der Waals surface area contributed by atoms with Gasteiger partial charge >= 0.3 is 0 Å². The van der Waals surface area contributed by atoms with Crippen LogP contribution in [0.2, 0.25) is 0 Å². The number of amides is 2. The van der Waals surface area contributed by atoms with Crippen LogP contribution in [0.25, 0.3) is 0 Å². The van der Waals surface area contributed by atoms with Gasteiger partial charge in [-0.1, -0.05) is 13.8 Å². The van der Waals surface area contributed by atoms with E-state index in [-0.39, 0.29) is 25.0 Å². The lowest BCUT2D eigenvalue weighted by atomic mass is 10.1. The minimum Gasteiger partial charge on any atom is -0.396 e. The number of aliphatic hydroxyl groups is 2. The lowest BCUT2D eigenvalue weighted by molar-refractivity contribution is -0.116. The summed E-state index contributed by atoms with van der Waals surface area (Å²) >= 11 is 0. The first kappa shape index (κ1) is 19.0. The van der Waals surface area contributed by atoms with Crippen molar-refractivity contribution < 1.29 is 19.8 Å². The minimum atomic E-state index is -0.298. The van der Waals surface area contributed by atoms with E-state index in [4.69, 9.17) is 10.2 Å². The molecule has 0 aliphatic rings. The van der Waals surface area contributed by atoms with Crippen LogP contribution in [0.3, 0.4) is 0 Å². The number of carbonyl (C=O) groups excluding carboxylic acids is 2. The molecule has 0 spiro atoms. The Morgan fingerprint density at radius 2 is 1.89 bits per heavy atom. The van der Waals surface area contributed by atoms with E-state index < -0.39 is 0 Å². The second-order valence-corrected chi connectivity index (χ2v) is 3.29. The van der Waals surface area contributed by atoms with Gasteiger partial charge in [0.2, 0.25) is 12.3 Å². The van der Waals surface area contributed by atoms with Crippen molar-refractivity contribution in [1.29, 1.82) is 0 Å². The third kappa shape index (κ3) is 9.80. The van der Waals surface area contributed by atoms with Gasteiger partial charge in [-0.15, -0.1) is 0 Å². The lowest BCUT2D eigenvalue weighted by Crippen LogP contribution is -2.23. The number of carbonyl (C=O) groups is 2. The normalized spacial score (nSPS) is 9.89. The molecule has 0 aromatic heterocycles. The Kier molecular flexibility index (Phi) is 14.4. The van der Waals surface area contributed by atoms with Crippen LogP contribution >= 0.6 is 0 Å². The molecule has 0 rings (SSSR count). The van der Waals surface area contributed by atoms with Crippen LogP contribution in [-0.2, 0) is 9.59 Å². The summed E-state index contributed by atoms with van der Waals surface area (Å²) in [4.78, 5) is 22.8. The number of aliphatic hydroxyl groups excluding tert-OH is 2. The summed E-state index contributed by atoms with van der Waals surface area (Å²) < 4.78 is 0. The molecule has 0 aliphatic heterocycles. The van der Waals surface area contributed by atoms with Gasteiger partial charge in [0.05, 0.1) is 0 Å². The molecular weight excluding hydrogens is 236 g/mol. The van der Waals surface area contributed by atoms with Gasteiger partial charge in [0.15, 0.2) is 0 Å². The molecule has 0 atom stereocenters. The molecule has 0 saturated carbocycles. The van der Waals surface area contributed by atoms with E-state index in [1.54, 1.807) is 0 Å². The summed E-state index contributed by atoms with van der Waals surface area (Å²) in [6.07, 6.45) is 3.66. The van der Waals surface area contributed by atoms with Crippen molar-refractivity contribution in [3.8, 4) is 0 Å². The molecule has 6 heteroatoms. The number of hydrogen-bond donors (Lipinski definition) is 3. The zero-order valence-electron chi connectivity index (χ0n) is 11.3. The Morgan fingerprint density at radius 3 is 2.28 bits per heavy atom. The van der Waals surface area contributed by atoms with Crippen molar-refractivity contribution in [2.75, 3.05) is 26.8 Å². The maximum atomic E-state index is 10.9. The van der Waals surface area contributed by atoms with E-state index in [2.05, 4.69) is 5.32 Å². The molecule has 0 heterocycles. The van der Waals surface area contributed by atoms with E-state index in [0.29, 0.717) is 19.4 Å². The van der Waals surface area contributed by atoms with Crippen LogP contribution in [0, 0.1) is 5.92 Å². The van der Waals surface area contributed by atoms with Crippen LogP contribution in [0.1, 0.15) is 20.3 Å². The summed E-state index contributed by atoms with van der Waals surface area (Å²) in [6.45, 7) is 4.10. The van der Waals surface area contributed by atoms with Crippen molar-refractivity contribution in [2.24, 2.45) is 5.92 Å². The molecule has 3 N–H and O–H groups in total. The average molecular weight is 260 g/mol. The van der Waals surface area contributed by atoms with Crippen molar-refractivity contribution in [1.82, 2.24) is 10.2 Å². The summed E-state index contributed by atoms with van der Waals surface area (Å²) in [7, 11) is 1.49. The van der Waals surface area contributed by atoms with Crippen LogP contribution in [0.4, 0.5) is 0 Å². The fourth-order valence-corrected chi connectivity index (χ4v) is 0.981. The van der Waals surface area contributed by atoms with E-state index in [9.17, 15) is 9.59 Å². The Morgan fingerprint density at radius 1 is 1.33 bits per heavy atom. The monoisotopic (exact) mass is 260 g/mol. The molecule has 0 aromatic rings. The van der Waals surface area contributed by atoms with Gasteiger partial charge in [-0.25, -0.2) is 0 Å². The third-order valence-electron chi connectivity index (χ3n) is 2.11. The van der Waals surface area contributed by atoms with Crippen LogP contribution < -0.4 is 5.32 Å². The van der Waals surface area contributed by atoms with Gasteiger partial charge < -0.3 is 20.4 Å². The SMILES string of the molecule is CC.CNC(=O)/C=C\N(C=O)CCC(CO)CO. The smallest absolute Gasteiger partial charge is 0.245 e. The van der Waals surface area contributed by atoms with Crippen molar-refractivity contribution in [3.05, 3.63) is 12.3 Å². The van der Waals surface area contributed by atoms with E-state index in [1.807, 2.05) is 13.8 Å². The molecule has 0 unspecified atom stereocenters. The Balaban J connectivity index is 0. The lowest BCUT2D eigenvalue weighted by Gasteiger charge is -2.15. The fourth-order valence-electron chi connectivity index (χ4n) is 0.981. The highest BCUT2D eigenvalue weighted by Gasteiger charge is 2.07. The molecule has 0 aliphatic carbocycles. The summed E-state index contributed by atoms with van der Waals surface area (Å²) in [5.74, 6) is -0.538. The molecule has 0 fully saturated rings. The number of rotatable bonds is 8. The van der Waals surface area contributed by atoms with Gasteiger partial charge in [0.25, 0.3) is 0 Å². The van der Waals surface area contributed by atoms with Gasteiger partial charge in [-0.2, -0.15) is 0 Å². The highest BCUT2D eigenvalue weighted by Crippen LogP contribution is 2.02. The van der Waals surface area contributed by atoms with E-state index in [1.165, 1.54) is 24.2 Å². The Labute approximate surface area is 108 Å². The zero-order chi connectivity index (χ0) is 14.4. The zero-order valence-corrected chi connectivity index (χ0v) is 11.3. The minimum absolute atomic E-state index is 0.123. The molecular formula is C12H24N2O4. The van der Waals surface area contributed by atoms with E-state index in [0.717, 1.165) is 0 Å². The first-order chi connectivity index (χ1) is 8.67. The maximum Gasteiger partial charge on any atom is 0.245 e. The molecule has 106 valence electrons. The molecule has 2 amide bonds. The molecule has 0 saturated heterocycles. The van der Waals surface area contributed by atoms with Gasteiger partial charge in [0.1, 0.15) is 0 Å². The molecule has 0 radical (unpaired) electrons. The summed E-state index contributed by atoms with van der Waals surface area (Å²) in [5.41, 5.74) is 0. The van der Waals surface area contributed by atoms with Crippen molar-refractivity contribution in [3.63, 3.8) is 0 Å². The van der Waals surface area contributed by atoms with Gasteiger partial charge in [0, 0.05) is 45.0 Å². The highest BCUT2D eigenvalue weighted by molar-refractivity contribution is 5.87. The van der Waals surface area contributed by atoms with Gasteiger partial charge in [-0.05, 0) is 6.42 Å². The van der Waals surface area contributed by atoms with Crippen molar-refractivity contribution in [2.45, 2.75) is 20.3 Å². The fraction of sp³-hybridized carbons (Fsp3) is 0.667. The van der Waals surface area contributed by atoms with Crippen molar-refractivity contribution >= 4 is 12.3 Å². The number of hydrogen-bond acceptors (Lipinski definition) is 4. The number of nitrogens with one attached hydrogen (secondary N) is 1. The Hall–Kier alpha value is -1.40. The van der Waals surface area contributed by atoms with E-state index >= 15 is 0 Å². The molecule has 0 aromatic carbocycles.